The van der Waals surface area contributed by atoms with Crippen molar-refractivity contribution in [3.8, 4) is 0 Å². The first kappa shape index (κ1) is 12.8. The molecule has 4 N–H and O–H groups in total. The Kier molecular flexibility index (Phi) is 11.7. The summed E-state index contributed by atoms with van der Waals surface area (Å²) in [5, 5.41) is 17.1. The van der Waals surface area contributed by atoms with Crippen molar-refractivity contribution in [1.29, 1.82) is 0 Å². The summed E-state index contributed by atoms with van der Waals surface area (Å²) in [6, 6.07) is 0. The van der Waals surface area contributed by atoms with E-state index >= 15 is 0 Å². The van der Waals surface area contributed by atoms with Crippen LogP contribution in [0.1, 0.15) is 19.3 Å². The second-order valence-electron chi connectivity index (χ2n) is 2.12. The van der Waals surface area contributed by atoms with E-state index in [1.54, 1.807) is 0 Å². The molecule has 1 atom stereocenters. The Balaban J connectivity index is 0. The number of halogens is 1. The van der Waals surface area contributed by atoms with E-state index in [1.165, 1.54) is 0 Å². The van der Waals surface area contributed by atoms with Gasteiger partial charge in [-0.3, -0.25) is 0 Å². The highest BCUT2D eigenvalue weighted by molar-refractivity contribution is 5.85. The number of hydrogen-bond donors (Lipinski definition) is 3. The van der Waals surface area contributed by atoms with E-state index < -0.39 is 6.10 Å². The van der Waals surface area contributed by atoms with Gasteiger partial charge in [-0.2, -0.15) is 0 Å². The maximum Gasteiger partial charge on any atom is 0.0770 e. The highest BCUT2D eigenvalue weighted by Gasteiger charge is 1.98. The van der Waals surface area contributed by atoms with Crippen molar-refractivity contribution in [2.24, 2.45) is 5.73 Å². The Bertz CT molecular complexity index is 63.7. The van der Waals surface area contributed by atoms with Crippen molar-refractivity contribution in [3.63, 3.8) is 0 Å². The van der Waals surface area contributed by atoms with Gasteiger partial charge in [-0.15, -0.1) is 12.4 Å². The molecular weight excluding hydrogens is 154 g/mol. The van der Waals surface area contributed by atoms with Crippen LogP contribution < -0.4 is 5.73 Å². The zero-order chi connectivity index (χ0) is 7.11. The molecule has 0 amide bonds. The lowest BCUT2D eigenvalue weighted by Gasteiger charge is -2.04. The summed E-state index contributed by atoms with van der Waals surface area (Å²) in [5.74, 6) is 0. The van der Waals surface area contributed by atoms with Crippen LogP contribution >= 0.6 is 12.4 Å². The Morgan fingerprint density at radius 2 is 1.90 bits per heavy atom. The number of rotatable bonds is 5. The molecule has 0 bridgehead atoms. The average Bonchev–Trinajstić information content (AvgIpc) is 1.89. The third-order valence-corrected chi connectivity index (χ3v) is 1.20. The molecule has 0 rings (SSSR count). The molecule has 0 aromatic rings. The lowest BCUT2D eigenvalue weighted by Crippen LogP contribution is -2.12. The SMILES string of the molecule is Cl.NCCCCC(O)CO. The van der Waals surface area contributed by atoms with Gasteiger partial charge in [0.15, 0.2) is 0 Å². The molecular formula is C6H16ClNO2. The van der Waals surface area contributed by atoms with Gasteiger partial charge in [-0.25, -0.2) is 0 Å². The second-order valence-corrected chi connectivity index (χ2v) is 2.12. The number of aliphatic hydroxyl groups excluding tert-OH is 2. The molecule has 0 heterocycles. The fourth-order valence-corrected chi connectivity index (χ4v) is 0.616. The van der Waals surface area contributed by atoms with Gasteiger partial charge in [-0.05, 0) is 25.8 Å². The van der Waals surface area contributed by atoms with Gasteiger partial charge in [-0.1, -0.05) is 0 Å². The van der Waals surface area contributed by atoms with Crippen molar-refractivity contribution in [1.82, 2.24) is 0 Å². The molecule has 1 unspecified atom stereocenters. The molecule has 3 nitrogen and oxygen atoms in total. The standard InChI is InChI=1S/C6H15NO2.ClH/c7-4-2-1-3-6(9)5-8;/h6,8-9H,1-5,7H2;1H. The predicted octanol–water partition coefficient (Wildman–Crippen LogP) is -0.110. The van der Waals surface area contributed by atoms with Crippen LogP contribution in [0, 0.1) is 0 Å². The Morgan fingerprint density at radius 1 is 1.30 bits per heavy atom. The summed E-state index contributed by atoms with van der Waals surface area (Å²) in [7, 11) is 0. The van der Waals surface area contributed by atoms with Crippen LogP contribution in [0.2, 0.25) is 0 Å². The van der Waals surface area contributed by atoms with E-state index in [0.717, 1.165) is 12.8 Å². The average molecular weight is 170 g/mol. The highest BCUT2D eigenvalue weighted by atomic mass is 35.5. The molecule has 0 saturated carbocycles. The first-order valence-corrected chi connectivity index (χ1v) is 3.30. The van der Waals surface area contributed by atoms with Crippen molar-refractivity contribution < 1.29 is 10.2 Å². The van der Waals surface area contributed by atoms with Crippen molar-refractivity contribution >= 4 is 12.4 Å². The zero-order valence-electron chi connectivity index (χ0n) is 5.99. The predicted molar refractivity (Wildman–Crippen MR) is 43.2 cm³/mol. The maximum absolute atomic E-state index is 8.79. The molecule has 0 aromatic heterocycles. The fourth-order valence-electron chi connectivity index (χ4n) is 0.616. The summed E-state index contributed by atoms with van der Waals surface area (Å²) in [4.78, 5) is 0. The van der Waals surface area contributed by atoms with E-state index in [9.17, 15) is 0 Å². The number of hydrogen-bond acceptors (Lipinski definition) is 3. The van der Waals surface area contributed by atoms with E-state index in [0.29, 0.717) is 13.0 Å². The van der Waals surface area contributed by atoms with Crippen LogP contribution in [-0.4, -0.2) is 29.5 Å². The van der Waals surface area contributed by atoms with Gasteiger partial charge >= 0.3 is 0 Å². The summed E-state index contributed by atoms with van der Waals surface area (Å²) >= 11 is 0. The minimum absolute atomic E-state index is 0. The quantitative estimate of drug-likeness (QED) is 0.504. The van der Waals surface area contributed by atoms with Crippen molar-refractivity contribution in [2.75, 3.05) is 13.2 Å². The third kappa shape index (κ3) is 8.17. The molecule has 0 aliphatic carbocycles. The van der Waals surface area contributed by atoms with Crippen LogP contribution in [-0.2, 0) is 0 Å². The molecule has 4 heteroatoms. The largest absolute Gasteiger partial charge is 0.394 e. The lowest BCUT2D eigenvalue weighted by molar-refractivity contribution is 0.0863. The fraction of sp³-hybridized carbons (Fsp3) is 1.00. The summed E-state index contributed by atoms with van der Waals surface area (Å²) < 4.78 is 0. The first-order chi connectivity index (χ1) is 4.31. The highest BCUT2D eigenvalue weighted by Crippen LogP contribution is 1.97. The van der Waals surface area contributed by atoms with Crippen LogP contribution in [0.5, 0.6) is 0 Å². The van der Waals surface area contributed by atoms with E-state index in [-0.39, 0.29) is 19.0 Å². The second kappa shape index (κ2) is 9.17. The normalized spacial score (nSPS) is 12.3. The van der Waals surface area contributed by atoms with Crippen LogP contribution in [0.3, 0.4) is 0 Å². The summed E-state index contributed by atoms with van der Waals surface area (Å²) in [5.41, 5.74) is 5.21. The van der Waals surface area contributed by atoms with E-state index in [1.807, 2.05) is 0 Å². The molecule has 0 fully saturated rings. The Morgan fingerprint density at radius 3 is 2.30 bits per heavy atom. The van der Waals surface area contributed by atoms with Crippen molar-refractivity contribution in [3.05, 3.63) is 0 Å². The topological polar surface area (TPSA) is 66.5 Å². The van der Waals surface area contributed by atoms with Gasteiger partial charge in [0.25, 0.3) is 0 Å². The minimum Gasteiger partial charge on any atom is -0.394 e. The molecule has 0 aliphatic rings. The smallest absolute Gasteiger partial charge is 0.0770 e. The number of unbranched alkanes of at least 4 members (excludes halogenated alkanes) is 1. The van der Waals surface area contributed by atoms with Crippen LogP contribution in [0.25, 0.3) is 0 Å². The lowest BCUT2D eigenvalue weighted by atomic mass is 10.2. The first-order valence-electron chi connectivity index (χ1n) is 3.30. The molecule has 10 heavy (non-hydrogen) atoms. The zero-order valence-corrected chi connectivity index (χ0v) is 6.81. The Labute approximate surface area is 67.6 Å². The minimum atomic E-state index is -0.545. The molecule has 0 aromatic carbocycles. The molecule has 64 valence electrons. The molecule has 0 aliphatic heterocycles. The third-order valence-electron chi connectivity index (χ3n) is 1.20. The van der Waals surface area contributed by atoms with Crippen molar-refractivity contribution in [2.45, 2.75) is 25.4 Å². The molecule has 0 saturated heterocycles. The van der Waals surface area contributed by atoms with E-state index in [4.69, 9.17) is 15.9 Å². The number of aliphatic hydroxyl groups is 2. The Hall–Kier alpha value is 0.170. The van der Waals surface area contributed by atoms with Crippen LogP contribution in [0.4, 0.5) is 0 Å². The van der Waals surface area contributed by atoms with Gasteiger partial charge in [0.2, 0.25) is 0 Å². The summed E-state index contributed by atoms with van der Waals surface area (Å²) in [6.45, 7) is 0.530. The monoisotopic (exact) mass is 169 g/mol. The molecule has 0 radical (unpaired) electrons. The maximum atomic E-state index is 8.79. The number of nitrogens with two attached hydrogens (primary N) is 1. The van der Waals surface area contributed by atoms with Gasteiger partial charge in [0.05, 0.1) is 12.7 Å². The molecule has 0 spiro atoms. The van der Waals surface area contributed by atoms with E-state index in [2.05, 4.69) is 0 Å². The van der Waals surface area contributed by atoms with Gasteiger partial charge in [0.1, 0.15) is 0 Å². The van der Waals surface area contributed by atoms with Crippen LogP contribution in [0.15, 0.2) is 0 Å². The van der Waals surface area contributed by atoms with Gasteiger partial charge < -0.3 is 15.9 Å². The summed E-state index contributed by atoms with van der Waals surface area (Å²) in [6.07, 6.45) is 1.94. The van der Waals surface area contributed by atoms with Gasteiger partial charge in [0, 0.05) is 0 Å².